The van der Waals surface area contributed by atoms with Crippen molar-refractivity contribution in [3.63, 3.8) is 0 Å². The van der Waals surface area contributed by atoms with Gasteiger partial charge in [-0.05, 0) is 99.5 Å². The van der Waals surface area contributed by atoms with Gasteiger partial charge in [0.2, 0.25) is 0 Å². The Kier molecular flexibility index (Phi) is 11.3. The third-order valence-corrected chi connectivity index (χ3v) is 11.2. The van der Waals surface area contributed by atoms with Crippen LogP contribution < -0.4 is 4.91 Å². The van der Waals surface area contributed by atoms with Crippen molar-refractivity contribution in [3.8, 4) is 22.3 Å². The molecule has 0 saturated heterocycles. The number of para-hydroxylation sites is 1. The van der Waals surface area contributed by atoms with Crippen LogP contribution in [0.15, 0.2) is 153 Å². The molecule has 49 heavy (non-hydrogen) atoms. The second-order valence-corrected chi connectivity index (χ2v) is 16.1. The number of rotatable bonds is 3. The predicted molar refractivity (Wildman–Crippen MR) is 218 cm³/mol. The van der Waals surface area contributed by atoms with Crippen molar-refractivity contribution in [2.24, 2.45) is 0 Å². The summed E-state index contributed by atoms with van der Waals surface area (Å²) in [6.07, 6.45) is 1.06. The highest BCUT2D eigenvalue weighted by Gasteiger charge is 2.31. The monoisotopic (exact) mass is 851 g/mol. The lowest BCUT2D eigenvalue weighted by molar-refractivity contribution is 0.425. The molecule has 1 aliphatic rings. The summed E-state index contributed by atoms with van der Waals surface area (Å²) in [7, 11) is -1.46. The molecule has 0 atom stereocenters. The Morgan fingerprint density at radius 1 is 0.571 bits per heavy atom. The molecule has 2 N–H and O–H groups in total. The molecule has 1 aromatic heterocycles. The zero-order valence-corrected chi connectivity index (χ0v) is 32.5. The van der Waals surface area contributed by atoms with Gasteiger partial charge in [0.05, 0.1) is 10.2 Å². The van der Waals surface area contributed by atoms with E-state index in [1.807, 2.05) is 24.3 Å². The van der Waals surface area contributed by atoms with Crippen molar-refractivity contribution in [2.45, 2.75) is 25.7 Å². The first kappa shape index (κ1) is 35.5. The fourth-order valence-corrected chi connectivity index (χ4v) is 7.79. The van der Waals surface area contributed by atoms with Gasteiger partial charge in [-0.3, -0.25) is 0 Å². The van der Waals surface area contributed by atoms with E-state index in [1.165, 1.54) is 60.3 Å². The van der Waals surface area contributed by atoms with Crippen molar-refractivity contribution in [1.82, 2.24) is 4.98 Å². The van der Waals surface area contributed by atoms with Gasteiger partial charge in [0.1, 0.15) is 4.91 Å². The van der Waals surface area contributed by atoms with Gasteiger partial charge in [-0.2, -0.15) is 0 Å². The third kappa shape index (κ3) is 8.51. The highest BCUT2D eigenvalue weighted by atomic mass is 79.9. The molecule has 6 aromatic carbocycles. The molecule has 8 rings (SSSR count). The predicted octanol–water partition coefficient (Wildman–Crippen LogP) is 11.2. The van der Waals surface area contributed by atoms with E-state index >= 15 is 0 Å². The molecule has 0 bridgehead atoms. The zero-order valence-electron chi connectivity index (χ0n) is 26.9. The summed E-state index contributed by atoms with van der Waals surface area (Å²) in [6, 6.07) is 48.4. The van der Waals surface area contributed by atoms with Crippen molar-refractivity contribution >= 4 is 81.4 Å². The number of thiazole rings is 1. The minimum Gasteiger partial charge on any atom is -0.422 e. The fraction of sp³-hybridized carbons (Fsp3) is 0.0976. The number of hydrogen-bond donors (Lipinski definition) is 2. The van der Waals surface area contributed by atoms with Gasteiger partial charge in [0.25, 0.3) is 0 Å². The molecule has 244 valence electrons. The van der Waals surface area contributed by atoms with Crippen LogP contribution in [0, 0.1) is 0 Å². The normalized spacial score (nSPS) is 12.5. The quantitative estimate of drug-likeness (QED) is 0.174. The van der Waals surface area contributed by atoms with Crippen LogP contribution in [-0.4, -0.2) is 22.2 Å². The summed E-state index contributed by atoms with van der Waals surface area (Å²) < 4.78 is 4.35. The van der Waals surface area contributed by atoms with Crippen LogP contribution in [0.3, 0.4) is 0 Å². The topological polar surface area (TPSA) is 53.4 Å². The Morgan fingerprint density at radius 3 is 1.59 bits per heavy atom. The lowest BCUT2D eigenvalue weighted by Crippen LogP contribution is -2.28. The maximum atomic E-state index is 8.83. The Hall–Kier alpha value is -3.37. The Labute approximate surface area is 317 Å². The first-order valence-electron chi connectivity index (χ1n) is 15.8. The van der Waals surface area contributed by atoms with Gasteiger partial charge in [0, 0.05) is 18.8 Å². The molecule has 1 aliphatic carbocycles. The minimum atomic E-state index is -1.46. The van der Waals surface area contributed by atoms with Crippen LogP contribution in [0.5, 0.6) is 0 Å². The van der Waals surface area contributed by atoms with Crippen molar-refractivity contribution < 1.29 is 10.0 Å². The van der Waals surface area contributed by atoms with E-state index in [1.54, 1.807) is 0 Å². The smallest absolute Gasteiger partial charge is 0.422 e. The Morgan fingerprint density at radius 2 is 1.04 bits per heavy atom. The SMILES string of the molecule is Brc1ccc(-c2ccc(-c3ccc(Br)cc3)cc2)cc1.CC1(C)c2ccccc2Cc2ccc(Br)cc21.OB(O)c1nc2ccccc2s1. The van der Waals surface area contributed by atoms with Crippen molar-refractivity contribution in [2.75, 3.05) is 0 Å². The van der Waals surface area contributed by atoms with E-state index in [0.717, 1.165) is 25.6 Å². The van der Waals surface area contributed by atoms with Crippen molar-refractivity contribution in [3.05, 3.63) is 175 Å². The van der Waals surface area contributed by atoms with Crippen LogP contribution in [0.4, 0.5) is 0 Å². The van der Waals surface area contributed by atoms with Gasteiger partial charge in [-0.25, -0.2) is 4.98 Å². The summed E-state index contributed by atoms with van der Waals surface area (Å²) in [5.41, 5.74) is 11.7. The average molecular weight is 854 g/mol. The molecule has 0 saturated carbocycles. The summed E-state index contributed by atoms with van der Waals surface area (Å²) >= 11 is 11.8. The first-order chi connectivity index (χ1) is 23.6. The van der Waals surface area contributed by atoms with Gasteiger partial charge in [-0.1, -0.05) is 153 Å². The molecule has 0 fully saturated rings. The average Bonchev–Trinajstić information content (AvgIpc) is 3.56. The Bertz CT molecular complexity index is 2080. The number of benzene rings is 6. The maximum Gasteiger partial charge on any atom is 0.519 e. The zero-order chi connectivity index (χ0) is 34.5. The van der Waals surface area contributed by atoms with Crippen LogP contribution in [0.2, 0.25) is 0 Å². The van der Waals surface area contributed by atoms with E-state index < -0.39 is 7.12 Å². The molecule has 0 amide bonds. The van der Waals surface area contributed by atoms with Crippen LogP contribution >= 0.6 is 59.1 Å². The van der Waals surface area contributed by atoms with Gasteiger partial charge in [-0.15, -0.1) is 11.3 Å². The molecule has 0 spiro atoms. The van der Waals surface area contributed by atoms with E-state index in [9.17, 15) is 0 Å². The van der Waals surface area contributed by atoms with Crippen LogP contribution in [0.1, 0.15) is 36.1 Å². The third-order valence-electron chi connectivity index (χ3n) is 8.59. The second kappa shape index (κ2) is 15.7. The largest absolute Gasteiger partial charge is 0.519 e. The summed E-state index contributed by atoms with van der Waals surface area (Å²) in [5, 5.41) is 17.7. The molecular formula is C41H33BBr3NO2S. The molecule has 7 aromatic rings. The molecule has 3 nitrogen and oxygen atoms in total. The number of hydrogen-bond acceptors (Lipinski definition) is 4. The van der Waals surface area contributed by atoms with E-state index in [4.69, 9.17) is 10.0 Å². The number of halogens is 3. The van der Waals surface area contributed by atoms with Gasteiger partial charge < -0.3 is 10.0 Å². The fourth-order valence-electron chi connectivity index (χ4n) is 6.06. The summed E-state index contributed by atoms with van der Waals surface area (Å²) in [4.78, 5) is 4.37. The summed E-state index contributed by atoms with van der Waals surface area (Å²) in [6.45, 7) is 4.63. The number of fused-ring (bicyclic) bond motifs is 3. The standard InChI is InChI=1S/C18H12Br2.C16H15Br.C7H6BNO2S/c19-17-9-5-15(6-10-17)13-1-2-14(4-3-13)16-7-11-18(20)12-8-16;1-16(2)14-6-4-3-5-11(14)9-12-7-8-13(17)10-15(12)16;10-8(11)7-9-5-3-1-2-4-6(5)12-7/h1-12H;3-8,10H,9H2,1-2H3;1-4,10-11H. The second-order valence-electron chi connectivity index (χ2n) is 12.2. The van der Waals surface area contributed by atoms with E-state index in [0.29, 0.717) is 4.91 Å². The highest BCUT2D eigenvalue weighted by Crippen LogP contribution is 2.42. The van der Waals surface area contributed by atoms with Crippen LogP contribution in [-0.2, 0) is 11.8 Å². The van der Waals surface area contributed by atoms with Crippen LogP contribution in [0.25, 0.3) is 32.5 Å². The van der Waals surface area contributed by atoms with E-state index in [-0.39, 0.29) is 5.41 Å². The lowest BCUT2D eigenvalue weighted by Gasteiger charge is -2.35. The molecule has 1 heterocycles. The molecule has 8 heteroatoms. The van der Waals surface area contributed by atoms with Gasteiger partial charge >= 0.3 is 7.12 Å². The molecule has 0 aliphatic heterocycles. The molecular weight excluding hydrogens is 821 g/mol. The van der Waals surface area contributed by atoms with Gasteiger partial charge in [0.15, 0.2) is 0 Å². The molecule has 0 radical (unpaired) electrons. The molecule has 0 unspecified atom stereocenters. The van der Waals surface area contributed by atoms with Crippen molar-refractivity contribution in [1.29, 1.82) is 0 Å². The summed E-state index contributed by atoms with van der Waals surface area (Å²) in [5.74, 6) is 0. The van der Waals surface area contributed by atoms with E-state index in [2.05, 4.69) is 182 Å². The maximum absolute atomic E-state index is 8.83. The lowest BCUT2D eigenvalue weighted by atomic mass is 9.69. The minimum absolute atomic E-state index is 0.105. The highest BCUT2D eigenvalue weighted by molar-refractivity contribution is 9.11. The number of nitrogens with zero attached hydrogens (tertiary/aromatic N) is 1. The Balaban J connectivity index is 0.000000131. The number of aromatic nitrogens is 1. The first-order valence-corrected chi connectivity index (χ1v) is 19.0.